The smallest absolute Gasteiger partial charge is 0.266 e. The Kier molecular flexibility index (Phi) is 6.44. The molecule has 0 N–H and O–H groups in total. The number of allylic oxidation sites excluding steroid dienone is 1. The second kappa shape index (κ2) is 9.01. The molecule has 1 amide bonds. The third-order valence-corrected chi connectivity index (χ3v) is 5.64. The molecule has 0 atom stereocenters. The molecule has 1 saturated heterocycles. The first kappa shape index (κ1) is 20.7. The lowest BCUT2D eigenvalue weighted by atomic mass is 10.0. The number of nitrogens with zero attached hydrogens (tertiary/aromatic N) is 2. The summed E-state index contributed by atoms with van der Waals surface area (Å²) >= 11 is 1.36. The number of hydrogen-bond donors (Lipinski definition) is 0. The second-order valence-corrected chi connectivity index (χ2v) is 7.57. The number of benzene rings is 2. The zero-order valence-electron chi connectivity index (χ0n) is 17.1. The highest BCUT2D eigenvalue weighted by Gasteiger charge is 2.30. The molecule has 0 spiro atoms. The van der Waals surface area contributed by atoms with Crippen LogP contribution in [-0.2, 0) is 11.2 Å². The number of ether oxygens (including phenoxy) is 2. The fourth-order valence-corrected chi connectivity index (χ4v) is 4.03. The van der Waals surface area contributed by atoms with Crippen LogP contribution in [0.3, 0.4) is 0 Å². The van der Waals surface area contributed by atoms with Gasteiger partial charge in [-0.25, -0.2) is 4.99 Å². The van der Waals surface area contributed by atoms with E-state index in [0.717, 1.165) is 22.4 Å². The SMILES string of the molecule is C=CCc1cc(/C=C2/SC(=Nc3ccccc3C)N(C)C2=O)cc(OC)c1OC. The predicted octanol–water partition coefficient (Wildman–Crippen LogP) is 4.97. The van der Waals surface area contributed by atoms with Crippen LogP contribution in [0.4, 0.5) is 5.69 Å². The van der Waals surface area contributed by atoms with Crippen LogP contribution in [0, 0.1) is 6.92 Å². The molecule has 0 aliphatic carbocycles. The van der Waals surface area contributed by atoms with Gasteiger partial charge >= 0.3 is 0 Å². The van der Waals surface area contributed by atoms with Gasteiger partial charge in [-0.3, -0.25) is 9.69 Å². The summed E-state index contributed by atoms with van der Waals surface area (Å²) in [6, 6.07) is 11.7. The van der Waals surface area contributed by atoms with Gasteiger partial charge in [0.2, 0.25) is 0 Å². The second-order valence-electron chi connectivity index (χ2n) is 6.56. The molecule has 2 aromatic carbocycles. The van der Waals surface area contributed by atoms with Gasteiger partial charge in [0.25, 0.3) is 5.91 Å². The van der Waals surface area contributed by atoms with Crippen LogP contribution in [-0.4, -0.2) is 37.2 Å². The summed E-state index contributed by atoms with van der Waals surface area (Å²) in [6.45, 7) is 5.81. The molecule has 2 aromatic rings. The van der Waals surface area contributed by atoms with E-state index in [-0.39, 0.29) is 5.91 Å². The first-order valence-corrected chi connectivity index (χ1v) is 9.97. The van der Waals surface area contributed by atoms with E-state index in [2.05, 4.69) is 11.6 Å². The molecule has 0 saturated carbocycles. The van der Waals surface area contributed by atoms with E-state index in [1.165, 1.54) is 11.8 Å². The van der Waals surface area contributed by atoms with Crippen molar-refractivity contribution in [3.05, 3.63) is 70.6 Å². The number of carbonyl (C=O) groups excluding carboxylic acids is 1. The number of amides is 1. The van der Waals surface area contributed by atoms with Crippen LogP contribution >= 0.6 is 11.8 Å². The molecule has 1 aliphatic heterocycles. The van der Waals surface area contributed by atoms with Crippen LogP contribution in [0.5, 0.6) is 11.5 Å². The number of amidine groups is 1. The van der Waals surface area contributed by atoms with Crippen molar-refractivity contribution in [3.63, 3.8) is 0 Å². The summed E-state index contributed by atoms with van der Waals surface area (Å²) in [5, 5.41) is 0.655. The molecule has 29 heavy (non-hydrogen) atoms. The Hall–Kier alpha value is -2.99. The maximum absolute atomic E-state index is 12.8. The summed E-state index contributed by atoms with van der Waals surface area (Å²) in [6.07, 6.45) is 4.31. The van der Waals surface area contributed by atoms with Crippen molar-refractivity contribution in [1.82, 2.24) is 4.90 Å². The fraction of sp³-hybridized carbons (Fsp3) is 0.217. The topological polar surface area (TPSA) is 51.1 Å². The normalized spacial score (nSPS) is 16.6. The van der Waals surface area contributed by atoms with Gasteiger partial charge in [0.1, 0.15) is 0 Å². The number of aryl methyl sites for hydroxylation is 1. The van der Waals surface area contributed by atoms with Gasteiger partial charge in [-0.05, 0) is 60.5 Å². The molecular weight excluding hydrogens is 384 g/mol. The average molecular weight is 409 g/mol. The van der Waals surface area contributed by atoms with Crippen molar-refractivity contribution in [1.29, 1.82) is 0 Å². The number of rotatable bonds is 6. The first-order valence-electron chi connectivity index (χ1n) is 9.16. The van der Waals surface area contributed by atoms with Crippen molar-refractivity contribution in [3.8, 4) is 11.5 Å². The maximum Gasteiger partial charge on any atom is 0.266 e. The van der Waals surface area contributed by atoms with Crippen LogP contribution in [0.2, 0.25) is 0 Å². The third kappa shape index (κ3) is 4.38. The molecule has 150 valence electrons. The molecule has 1 heterocycles. The van der Waals surface area contributed by atoms with E-state index in [1.54, 1.807) is 26.2 Å². The van der Waals surface area contributed by atoms with Crippen molar-refractivity contribution < 1.29 is 14.3 Å². The summed E-state index contributed by atoms with van der Waals surface area (Å²) in [5.74, 6) is 1.22. The van der Waals surface area contributed by atoms with Crippen LogP contribution in [0.25, 0.3) is 6.08 Å². The highest BCUT2D eigenvalue weighted by molar-refractivity contribution is 8.18. The third-order valence-electron chi connectivity index (χ3n) is 4.58. The van der Waals surface area contributed by atoms with Crippen LogP contribution in [0.15, 0.2) is 59.0 Å². The first-order chi connectivity index (χ1) is 14.0. The molecule has 3 rings (SSSR count). The lowest BCUT2D eigenvalue weighted by Crippen LogP contribution is -2.23. The molecule has 0 aromatic heterocycles. The number of methoxy groups -OCH3 is 2. The number of likely N-dealkylation sites (N-methyl/N-ethyl adjacent to an activating group) is 1. The Labute approximate surface area is 175 Å². The molecule has 0 radical (unpaired) electrons. The number of aliphatic imine (C=N–C) groups is 1. The Morgan fingerprint density at radius 3 is 2.62 bits per heavy atom. The number of hydrogen-bond acceptors (Lipinski definition) is 5. The van der Waals surface area contributed by atoms with Crippen molar-refractivity contribution in [2.24, 2.45) is 4.99 Å². The van der Waals surface area contributed by atoms with Crippen LogP contribution < -0.4 is 9.47 Å². The summed E-state index contributed by atoms with van der Waals surface area (Å²) < 4.78 is 11.0. The molecule has 6 heteroatoms. The van der Waals surface area contributed by atoms with E-state index in [4.69, 9.17) is 9.47 Å². The van der Waals surface area contributed by atoms with Crippen LogP contribution in [0.1, 0.15) is 16.7 Å². The van der Waals surface area contributed by atoms with Gasteiger partial charge in [0.05, 0.1) is 24.8 Å². The quantitative estimate of drug-likeness (QED) is 0.500. The van der Waals surface area contributed by atoms with Gasteiger partial charge < -0.3 is 9.47 Å². The van der Waals surface area contributed by atoms with Gasteiger partial charge in [-0.15, -0.1) is 6.58 Å². The van der Waals surface area contributed by atoms with Gasteiger partial charge in [-0.2, -0.15) is 0 Å². The molecule has 1 fully saturated rings. The lowest BCUT2D eigenvalue weighted by molar-refractivity contribution is -0.121. The predicted molar refractivity (Wildman–Crippen MR) is 120 cm³/mol. The Balaban J connectivity index is 1.98. The zero-order chi connectivity index (χ0) is 21.0. The zero-order valence-corrected chi connectivity index (χ0v) is 17.9. The molecule has 0 unspecified atom stereocenters. The van der Waals surface area contributed by atoms with Crippen molar-refractivity contribution in [2.75, 3.05) is 21.3 Å². The Morgan fingerprint density at radius 1 is 1.21 bits per heavy atom. The van der Waals surface area contributed by atoms with Crippen molar-refractivity contribution in [2.45, 2.75) is 13.3 Å². The number of para-hydroxylation sites is 1. The fourth-order valence-electron chi connectivity index (χ4n) is 3.05. The molecule has 0 bridgehead atoms. The number of thioether (sulfide) groups is 1. The molecular formula is C23H24N2O3S. The van der Waals surface area contributed by atoms with Gasteiger partial charge in [0.15, 0.2) is 16.7 Å². The largest absolute Gasteiger partial charge is 0.493 e. The Bertz CT molecular complexity index is 1010. The molecule has 5 nitrogen and oxygen atoms in total. The lowest BCUT2D eigenvalue weighted by Gasteiger charge is -2.13. The molecule has 1 aliphatic rings. The standard InChI is InChI=1S/C23H24N2O3S/c1-6-9-17-12-16(13-19(27-4)21(17)28-5)14-20-22(26)25(3)23(29-20)24-18-11-8-7-10-15(18)2/h6-8,10-14H,1,9H2,2-5H3/b20-14+,24-23?. The average Bonchev–Trinajstić information content (AvgIpc) is 2.97. The highest BCUT2D eigenvalue weighted by Crippen LogP contribution is 2.37. The highest BCUT2D eigenvalue weighted by atomic mass is 32.2. The summed E-state index contributed by atoms with van der Waals surface area (Å²) in [7, 11) is 4.95. The number of carbonyl (C=O) groups is 1. The van der Waals surface area contributed by atoms with E-state index in [9.17, 15) is 4.79 Å². The van der Waals surface area contributed by atoms with E-state index < -0.39 is 0 Å². The summed E-state index contributed by atoms with van der Waals surface area (Å²) in [5.41, 5.74) is 3.73. The van der Waals surface area contributed by atoms with Crippen molar-refractivity contribution >= 4 is 34.6 Å². The summed E-state index contributed by atoms with van der Waals surface area (Å²) in [4.78, 5) is 19.6. The monoisotopic (exact) mass is 408 g/mol. The minimum atomic E-state index is -0.0811. The van der Waals surface area contributed by atoms with Gasteiger partial charge in [-0.1, -0.05) is 24.3 Å². The minimum Gasteiger partial charge on any atom is -0.493 e. The van der Waals surface area contributed by atoms with E-state index in [0.29, 0.717) is 28.0 Å². The maximum atomic E-state index is 12.8. The van der Waals surface area contributed by atoms with Gasteiger partial charge in [0, 0.05) is 12.6 Å². The Morgan fingerprint density at radius 2 is 1.97 bits per heavy atom. The minimum absolute atomic E-state index is 0.0811. The van der Waals surface area contributed by atoms with E-state index >= 15 is 0 Å². The van der Waals surface area contributed by atoms with E-state index in [1.807, 2.05) is 55.5 Å².